The van der Waals surface area contributed by atoms with Crippen LogP contribution in [0.4, 0.5) is 11.4 Å². The molecular formula is C24H21ClN2O3. The Hall–Kier alpha value is -2.92. The predicted octanol–water partition coefficient (Wildman–Crippen LogP) is 4.60. The average Bonchev–Trinajstić information content (AvgIpc) is 3.35. The number of aryl methyl sites for hydroxylation is 1. The van der Waals surface area contributed by atoms with Crippen LogP contribution in [0.25, 0.3) is 0 Å². The zero-order chi connectivity index (χ0) is 21.2. The maximum absolute atomic E-state index is 13.3. The summed E-state index contributed by atoms with van der Waals surface area (Å²) in [6, 6.07) is 12.0. The molecule has 0 aromatic heterocycles. The lowest BCUT2D eigenvalue weighted by Gasteiger charge is -2.21. The molecule has 1 N–H and O–H groups in total. The Kier molecular flexibility index (Phi) is 4.33. The number of hydrogen-bond donors (Lipinski definition) is 1. The van der Waals surface area contributed by atoms with Crippen molar-refractivity contribution in [1.29, 1.82) is 0 Å². The van der Waals surface area contributed by atoms with E-state index in [0.717, 1.165) is 12.0 Å². The molecule has 0 spiro atoms. The molecule has 0 unspecified atom stereocenters. The second-order valence-corrected chi connectivity index (χ2v) is 8.85. The lowest BCUT2D eigenvalue weighted by Crippen LogP contribution is -2.34. The molecule has 30 heavy (non-hydrogen) atoms. The van der Waals surface area contributed by atoms with Gasteiger partial charge in [0.2, 0.25) is 11.8 Å². The number of hydrogen-bond acceptors (Lipinski definition) is 3. The number of rotatable bonds is 3. The van der Waals surface area contributed by atoms with Crippen LogP contribution in [0.1, 0.15) is 29.3 Å². The van der Waals surface area contributed by atoms with Crippen LogP contribution in [0, 0.1) is 30.6 Å². The minimum absolute atomic E-state index is 0.122. The molecule has 2 aliphatic carbocycles. The lowest BCUT2D eigenvalue weighted by molar-refractivity contribution is -0.123. The fourth-order valence-electron chi connectivity index (χ4n) is 5.29. The number of imide groups is 1. The molecule has 2 aromatic rings. The molecule has 2 bridgehead atoms. The number of nitrogens with zero attached hydrogens (tertiary/aromatic N) is 1. The van der Waals surface area contributed by atoms with Crippen LogP contribution in [0.5, 0.6) is 0 Å². The van der Waals surface area contributed by atoms with E-state index in [4.69, 9.17) is 11.6 Å². The molecule has 1 heterocycles. The zero-order valence-corrected chi connectivity index (χ0v) is 17.4. The Bertz CT molecular complexity index is 1140. The largest absolute Gasteiger partial charge is 0.322 e. The molecule has 0 radical (unpaired) electrons. The van der Waals surface area contributed by atoms with Gasteiger partial charge < -0.3 is 5.32 Å². The number of halogens is 1. The molecule has 5 nitrogen and oxygen atoms in total. The van der Waals surface area contributed by atoms with Crippen LogP contribution >= 0.6 is 11.6 Å². The summed E-state index contributed by atoms with van der Waals surface area (Å²) >= 11 is 6.07. The Morgan fingerprint density at radius 3 is 2.60 bits per heavy atom. The van der Waals surface area contributed by atoms with E-state index in [-0.39, 0.29) is 47.0 Å². The topological polar surface area (TPSA) is 66.5 Å². The zero-order valence-electron chi connectivity index (χ0n) is 16.7. The number of carbonyl (C=O) groups excluding carboxylic acids is 3. The summed E-state index contributed by atoms with van der Waals surface area (Å²) in [5.41, 5.74) is 3.29. The first-order valence-electron chi connectivity index (χ1n) is 10.1. The number of allylic oxidation sites excluding steroid dienone is 2. The highest BCUT2D eigenvalue weighted by Gasteiger charge is 2.61. The van der Waals surface area contributed by atoms with E-state index >= 15 is 0 Å². The van der Waals surface area contributed by atoms with Crippen molar-refractivity contribution in [3.63, 3.8) is 0 Å². The van der Waals surface area contributed by atoms with E-state index in [1.54, 1.807) is 36.4 Å². The summed E-state index contributed by atoms with van der Waals surface area (Å²) in [6.45, 7) is 3.91. The summed E-state index contributed by atoms with van der Waals surface area (Å²) < 4.78 is 0. The van der Waals surface area contributed by atoms with Gasteiger partial charge in [-0.2, -0.15) is 0 Å². The number of carbonyl (C=O) groups is 3. The van der Waals surface area contributed by atoms with E-state index in [1.807, 2.05) is 19.9 Å². The summed E-state index contributed by atoms with van der Waals surface area (Å²) in [4.78, 5) is 40.9. The summed E-state index contributed by atoms with van der Waals surface area (Å²) in [5, 5.41) is 3.38. The normalized spacial score (nSPS) is 26.8. The van der Waals surface area contributed by atoms with Gasteiger partial charge in [0.1, 0.15) is 0 Å². The Morgan fingerprint density at radius 2 is 1.80 bits per heavy atom. The maximum Gasteiger partial charge on any atom is 0.257 e. The van der Waals surface area contributed by atoms with Gasteiger partial charge in [-0.25, -0.2) is 4.90 Å². The number of anilines is 2. The van der Waals surface area contributed by atoms with Gasteiger partial charge in [-0.05, 0) is 61.9 Å². The van der Waals surface area contributed by atoms with Gasteiger partial charge in [0.15, 0.2) is 0 Å². The molecule has 6 heteroatoms. The summed E-state index contributed by atoms with van der Waals surface area (Å²) in [7, 11) is 0. The summed E-state index contributed by atoms with van der Waals surface area (Å²) in [6.07, 6.45) is 3.02. The highest BCUT2D eigenvalue weighted by molar-refractivity contribution is 6.31. The van der Waals surface area contributed by atoms with Gasteiger partial charge in [-0.3, -0.25) is 14.4 Å². The second-order valence-electron chi connectivity index (χ2n) is 8.41. The number of benzene rings is 2. The van der Waals surface area contributed by atoms with E-state index in [1.165, 1.54) is 10.5 Å². The van der Waals surface area contributed by atoms with Crippen LogP contribution < -0.4 is 10.2 Å². The molecule has 1 saturated heterocycles. The molecule has 3 amide bonds. The first-order valence-corrected chi connectivity index (χ1v) is 10.5. The van der Waals surface area contributed by atoms with Crippen LogP contribution in [0.15, 0.2) is 54.1 Å². The molecule has 2 fully saturated rings. The van der Waals surface area contributed by atoms with Crippen LogP contribution in [-0.2, 0) is 9.59 Å². The first kappa shape index (κ1) is 19.1. The quantitative estimate of drug-likeness (QED) is 0.582. The Morgan fingerprint density at radius 1 is 1.07 bits per heavy atom. The van der Waals surface area contributed by atoms with Crippen LogP contribution in [-0.4, -0.2) is 17.7 Å². The molecule has 152 valence electrons. The van der Waals surface area contributed by atoms with Gasteiger partial charge in [0.05, 0.1) is 23.1 Å². The van der Waals surface area contributed by atoms with Crippen molar-refractivity contribution < 1.29 is 14.4 Å². The maximum atomic E-state index is 13.3. The average molecular weight is 421 g/mol. The number of fused-ring (bicyclic) bond motifs is 5. The van der Waals surface area contributed by atoms with Crippen LogP contribution in [0.2, 0.25) is 5.02 Å². The lowest BCUT2D eigenvalue weighted by atomic mass is 9.82. The van der Waals surface area contributed by atoms with Crippen molar-refractivity contribution in [1.82, 2.24) is 0 Å². The monoisotopic (exact) mass is 420 g/mol. The van der Waals surface area contributed by atoms with Crippen molar-refractivity contribution in [3.8, 4) is 0 Å². The minimum Gasteiger partial charge on any atom is -0.322 e. The number of nitrogens with one attached hydrogen (secondary N) is 1. The smallest absolute Gasteiger partial charge is 0.257 e. The van der Waals surface area contributed by atoms with Crippen molar-refractivity contribution in [2.45, 2.75) is 20.3 Å². The van der Waals surface area contributed by atoms with Crippen LogP contribution in [0.3, 0.4) is 0 Å². The molecule has 3 aliphatic rings. The Labute approximate surface area is 179 Å². The molecule has 4 atom stereocenters. The predicted molar refractivity (Wildman–Crippen MR) is 115 cm³/mol. The molecule has 1 saturated carbocycles. The third-order valence-corrected chi connectivity index (χ3v) is 6.95. The van der Waals surface area contributed by atoms with Gasteiger partial charge in [-0.15, -0.1) is 0 Å². The van der Waals surface area contributed by atoms with Crippen molar-refractivity contribution in [2.24, 2.45) is 23.7 Å². The SMILES string of the molecule is CC1=C[C@@H]2C[C@H]1[C@@H]1C(=O)N(c3ccccc3C(=O)Nc3cc(Cl)ccc3C)C(=O)[C@@H]12. The second kappa shape index (κ2) is 6.81. The molecule has 5 rings (SSSR count). The van der Waals surface area contributed by atoms with E-state index in [9.17, 15) is 14.4 Å². The third-order valence-electron chi connectivity index (χ3n) is 6.72. The third kappa shape index (κ3) is 2.72. The highest BCUT2D eigenvalue weighted by atomic mass is 35.5. The van der Waals surface area contributed by atoms with Gasteiger partial charge in [0, 0.05) is 10.7 Å². The molecule has 1 aliphatic heterocycles. The van der Waals surface area contributed by atoms with Crippen molar-refractivity contribution >= 4 is 40.7 Å². The van der Waals surface area contributed by atoms with Gasteiger partial charge >= 0.3 is 0 Å². The molecule has 2 aromatic carbocycles. The first-order chi connectivity index (χ1) is 14.4. The van der Waals surface area contributed by atoms with E-state index in [0.29, 0.717) is 16.4 Å². The minimum atomic E-state index is -0.383. The number of amides is 3. The Balaban J connectivity index is 1.49. The number of para-hydroxylation sites is 1. The van der Waals surface area contributed by atoms with E-state index < -0.39 is 0 Å². The van der Waals surface area contributed by atoms with Crippen molar-refractivity contribution in [3.05, 3.63) is 70.3 Å². The molecular weight excluding hydrogens is 400 g/mol. The van der Waals surface area contributed by atoms with Gasteiger partial charge in [0.25, 0.3) is 5.91 Å². The van der Waals surface area contributed by atoms with E-state index in [2.05, 4.69) is 11.4 Å². The fraction of sp³-hybridized carbons (Fsp3) is 0.292. The standard InChI is InChI=1S/C24H21ClN2O3/c1-12-7-8-15(25)11-18(12)26-22(28)16-5-3-4-6-19(16)27-23(29)20-14-9-13(2)17(10-14)21(20)24(27)30/h3-9,11,14,17,20-21H,10H2,1-2H3,(H,26,28)/t14-,17-,20-,21+/m1/s1. The van der Waals surface area contributed by atoms with Crippen molar-refractivity contribution in [2.75, 3.05) is 10.2 Å². The van der Waals surface area contributed by atoms with Gasteiger partial charge in [-0.1, -0.05) is 41.4 Å². The fourth-order valence-corrected chi connectivity index (χ4v) is 5.46. The highest BCUT2D eigenvalue weighted by Crippen LogP contribution is 2.56. The summed E-state index contributed by atoms with van der Waals surface area (Å²) in [5.74, 6) is -1.13.